The molecule has 0 saturated heterocycles. The zero-order valence-electron chi connectivity index (χ0n) is 17.0. The zero-order valence-corrected chi connectivity index (χ0v) is 17.0. The standard InChI is InChI=1S/C24H30N2O3/c27-23(26(19-10-3-1-4-11-19)20-12-5-2-6-13-20)17-29-24(28)22-16-15-18-9-7-8-14-21(18)25-22/h7-9,14-16,19-20H,1-6,10-13,17H2. The van der Waals surface area contributed by atoms with E-state index in [4.69, 9.17) is 4.74 Å². The molecule has 0 radical (unpaired) electrons. The van der Waals surface area contributed by atoms with Crippen LogP contribution in [-0.4, -0.2) is 40.5 Å². The first kappa shape index (κ1) is 19.9. The minimum atomic E-state index is -0.531. The summed E-state index contributed by atoms with van der Waals surface area (Å²) in [5.41, 5.74) is 0.998. The number of pyridine rings is 1. The van der Waals surface area contributed by atoms with Gasteiger partial charge in [-0.2, -0.15) is 0 Å². The number of carbonyl (C=O) groups is 2. The Kier molecular flexibility index (Phi) is 6.43. The molecule has 1 amide bonds. The van der Waals surface area contributed by atoms with E-state index in [1.54, 1.807) is 6.07 Å². The van der Waals surface area contributed by atoms with E-state index < -0.39 is 5.97 Å². The number of esters is 1. The average molecular weight is 395 g/mol. The van der Waals surface area contributed by atoms with Gasteiger partial charge in [0, 0.05) is 17.5 Å². The number of rotatable bonds is 5. The third-order valence-corrected chi connectivity index (χ3v) is 6.36. The van der Waals surface area contributed by atoms with Gasteiger partial charge in [-0.3, -0.25) is 4.79 Å². The van der Waals surface area contributed by atoms with Gasteiger partial charge in [-0.15, -0.1) is 0 Å². The molecular weight excluding hydrogens is 364 g/mol. The summed E-state index contributed by atoms with van der Waals surface area (Å²) >= 11 is 0. The van der Waals surface area contributed by atoms with Gasteiger partial charge in [0.05, 0.1) is 5.52 Å². The van der Waals surface area contributed by atoms with Crippen molar-refractivity contribution in [1.82, 2.24) is 9.88 Å². The van der Waals surface area contributed by atoms with Crippen LogP contribution < -0.4 is 0 Å². The highest BCUT2D eigenvalue weighted by Gasteiger charge is 2.32. The summed E-state index contributed by atoms with van der Waals surface area (Å²) in [5, 5.41) is 0.973. The second-order valence-corrected chi connectivity index (χ2v) is 8.35. The van der Waals surface area contributed by atoms with Crippen LogP contribution in [-0.2, 0) is 9.53 Å². The third kappa shape index (κ3) is 4.77. The number of nitrogens with zero attached hydrogens (tertiary/aromatic N) is 2. The molecule has 2 saturated carbocycles. The summed E-state index contributed by atoms with van der Waals surface area (Å²) in [6.45, 7) is -0.194. The first-order chi connectivity index (χ1) is 14.2. The fourth-order valence-electron chi connectivity index (χ4n) is 4.88. The Balaban J connectivity index is 1.42. The van der Waals surface area contributed by atoms with Gasteiger partial charge in [0.25, 0.3) is 5.91 Å². The van der Waals surface area contributed by atoms with Crippen molar-refractivity contribution in [3.63, 3.8) is 0 Å². The molecule has 2 aliphatic rings. The van der Waals surface area contributed by atoms with Crippen molar-refractivity contribution in [1.29, 1.82) is 0 Å². The molecule has 2 aliphatic carbocycles. The average Bonchev–Trinajstić information content (AvgIpc) is 2.79. The summed E-state index contributed by atoms with van der Waals surface area (Å²) in [4.78, 5) is 32.1. The van der Waals surface area contributed by atoms with Crippen molar-refractivity contribution in [3.8, 4) is 0 Å². The predicted molar refractivity (Wildman–Crippen MR) is 113 cm³/mol. The number of amides is 1. The first-order valence-corrected chi connectivity index (χ1v) is 11.1. The second-order valence-electron chi connectivity index (χ2n) is 8.35. The van der Waals surface area contributed by atoms with Gasteiger partial charge in [-0.05, 0) is 37.8 Å². The maximum atomic E-state index is 13.1. The van der Waals surface area contributed by atoms with E-state index in [2.05, 4.69) is 9.88 Å². The van der Waals surface area contributed by atoms with Crippen LogP contribution in [0.3, 0.4) is 0 Å². The number of benzene rings is 1. The molecule has 5 heteroatoms. The number of fused-ring (bicyclic) bond motifs is 1. The quantitative estimate of drug-likeness (QED) is 0.678. The number of para-hydroxylation sites is 1. The Hall–Kier alpha value is -2.43. The lowest BCUT2D eigenvalue weighted by Crippen LogP contribution is -2.50. The van der Waals surface area contributed by atoms with Crippen molar-refractivity contribution in [2.45, 2.75) is 76.3 Å². The molecular formula is C24H30N2O3. The van der Waals surface area contributed by atoms with Gasteiger partial charge >= 0.3 is 5.97 Å². The number of carbonyl (C=O) groups excluding carboxylic acids is 2. The Bertz CT molecular complexity index is 836. The van der Waals surface area contributed by atoms with Crippen molar-refractivity contribution in [3.05, 3.63) is 42.1 Å². The summed E-state index contributed by atoms with van der Waals surface area (Å²) in [6.07, 6.45) is 11.5. The molecule has 2 fully saturated rings. The van der Waals surface area contributed by atoms with E-state index in [0.29, 0.717) is 12.1 Å². The molecule has 0 bridgehead atoms. The molecule has 1 heterocycles. The van der Waals surface area contributed by atoms with Gasteiger partial charge in [0.15, 0.2) is 6.61 Å². The second kappa shape index (κ2) is 9.38. The molecule has 1 aromatic carbocycles. The highest BCUT2D eigenvalue weighted by molar-refractivity contribution is 5.92. The van der Waals surface area contributed by atoms with Crippen LogP contribution in [0, 0.1) is 0 Å². The van der Waals surface area contributed by atoms with Crippen LogP contribution in [0.25, 0.3) is 10.9 Å². The Labute approximate surface area is 172 Å². The Morgan fingerprint density at radius 3 is 2.14 bits per heavy atom. The summed E-state index contributed by atoms with van der Waals surface area (Å²) < 4.78 is 5.41. The zero-order chi connectivity index (χ0) is 20.1. The van der Waals surface area contributed by atoms with E-state index in [-0.39, 0.29) is 18.2 Å². The fourth-order valence-corrected chi connectivity index (χ4v) is 4.88. The van der Waals surface area contributed by atoms with Crippen LogP contribution in [0.15, 0.2) is 36.4 Å². The lowest BCUT2D eigenvalue weighted by atomic mass is 9.88. The first-order valence-electron chi connectivity index (χ1n) is 11.1. The lowest BCUT2D eigenvalue weighted by molar-refractivity contribution is -0.141. The highest BCUT2D eigenvalue weighted by Crippen LogP contribution is 2.30. The van der Waals surface area contributed by atoms with E-state index >= 15 is 0 Å². The third-order valence-electron chi connectivity index (χ3n) is 6.36. The summed E-state index contributed by atoms with van der Waals surface area (Å²) in [7, 11) is 0. The van der Waals surface area contributed by atoms with Gasteiger partial charge in [0.2, 0.25) is 0 Å². The molecule has 0 N–H and O–H groups in total. The molecule has 5 nitrogen and oxygen atoms in total. The molecule has 4 rings (SSSR count). The van der Waals surface area contributed by atoms with Gasteiger partial charge in [-0.25, -0.2) is 9.78 Å². The highest BCUT2D eigenvalue weighted by atomic mass is 16.5. The molecule has 29 heavy (non-hydrogen) atoms. The van der Waals surface area contributed by atoms with Crippen molar-refractivity contribution < 1.29 is 14.3 Å². The van der Waals surface area contributed by atoms with Gasteiger partial charge < -0.3 is 9.64 Å². The van der Waals surface area contributed by atoms with Gasteiger partial charge in [0.1, 0.15) is 5.69 Å². The molecule has 1 aromatic heterocycles. The minimum Gasteiger partial charge on any atom is -0.451 e. The van der Waals surface area contributed by atoms with E-state index in [9.17, 15) is 9.59 Å². The van der Waals surface area contributed by atoms with Crippen LogP contribution in [0.1, 0.15) is 74.7 Å². The molecule has 0 aliphatic heterocycles. The van der Waals surface area contributed by atoms with E-state index in [1.807, 2.05) is 30.3 Å². The fraction of sp³-hybridized carbons (Fsp3) is 0.542. The predicted octanol–water partition coefficient (Wildman–Crippen LogP) is 4.89. The summed E-state index contributed by atoms with van der Waals surface area (Å²) in [5.74, 6) is -0.575. The Morgan fingerprint density at radius 2 is 1.48 bits per heavy atom. The van der Waals surface area contributed by atoms with E-state index in [0.717, 1.165) is 36.6 Å². The van der Waals surface area contributed by atoms with E-state index in [1.165, 1.54) is 38.5 Å². The largest absolute Gasteiger partial charge is 0.451 e. The summed E-state index contributed by atoms with van der Waals surface area (Å²) in [6, 6.07) is 11.8. The Morgan fingerprint density at radius 1 is 0.862 bits per heavy atom. The molecule has 2 aromatic rings. The van der Waals surface area contributed by atoms with Crippen molar-refractivity contribution in [2.75, 3.05) is 6.61 Å². The number of aromatic nitrogens is 1. The molecule has 0 unspecified atom stereocenters. The monoisotopic (exact) mass is 394 g/mol. The SMILES string of the molecule is O=C(OCC(=O)N(C1CCCCC1)C1CCCCC1)c1ccc2ccccc2n1. The minimum absolute atomic E-state index is 0.0436. The van der Waals surface area contributed by atoms with Crippen molar-refractivity contribution >= 4 is 22.8 Å². The number of hydrogen-bond donors (Lipinski definition) is 0. The van der Waals surface area contributed by atoms with Crippen LogP contribution in [0.5, 0.6) is 0 Å². The number of ether oxygens (including phenoxy) is 1. The lowest BCUT2D eigenvalue weighted by Gasteiger charge is -2.41. The molecule has 0 atom stereocenters. The van der Waals surface area contributed by atoms with Crippen LogP contribution in [0.4, 0.5) is 0 Å². The van der Waals surface area contributed by atoms with Crippen molar-refractivity contribution in [2.24, 2.45) is 0 Å². The number of hydrogen-bond acceptors (Lipinski definition) is 4. The maximum Gasteiger partial charge on any atom is 0.357 e. The smallest absolute Gasteiger partial charge is 0.357 e. The van der Waals surface area contributed by atoms with Crippen LogP contribution in [0.2, 0.25) is 0 Å². The molecule has 154 valence electrons. The van der Waals surface area contributed by atoms with Crippen LogP contribution >= 0.6 is 0 Å². The molecule has 0 spiro atoms. The normalized spacial score (nSPS) is 18.5. The maximum absolute atomic E-state index is 13.1. The van der Waals surface area contributed by atoms with Gasteiger partial charge in [-0.1, -0.05) is 62.8 Å². The topological polar surface area (TPSA) is 59.5 Å².